The quantitative estimate of drug-likeness (QED) is 0.477. The molecule has 0 rings (SSSR count). The Morgan fingerprint density at radius 3 is 2.25 bits per heavy atom. The fourth-order valence-electron chi connectivity index (χ4n) is 0.422. The minimum atomic E-state index is -1.57. The number of halogens is 1. The van der Waals surface area contributed by atoms with Gasteiger partial charge in [-0.1, -0.05) is 0 Å². The SMILES string of the molecule is C[Si](C)(C)OC[C@@H]([NH3+])C(=O)O.[Cl-]. The van der Waals surface area contributed by atoms with Crippen molar-refractivity contribution in [3.8, 4) is 0 Å². The smallest absolute Gasteiger partial charge is 0.364 e. The van der Waals surface area contributed by atoms with Crippen LogP contribution in [0.15, 0.2) is 0 Å². The van der Waals surface area contributed by atoms with E-state index in [-0.39, 0.29) is 19.0 Å². The van der Waals surface area contributed by atoms with Crippen molar-refractivity contribution < 1.29 is 32.5 Å². The maximum atomic E-state index is 10.3. The molecule has 6 heteroatoms. The van der Waals surface area contributed by atoms with Gasteiger partial charge in [-0.25, -0.2) is 4.79 Å². The Morgan fingerprint density at radius 2 is 2.00 bits per heavy atom. The van der Waals surface area contributed by atoms with Gasteiger partial charge in [-0.3, -0.25) is 0 Å². The van der Waals surface area contributed by atoms with Crippen molar-refractivity contribution in [3.05, 3.63) is 0 Å². The van der Waals surface area contributed by atoms with Crippen molar-refractivity contribution in [3.63, 3.8) is 0 Å². The monoisotopic (exact) mass is 213 g/mol. The summed E-state index contributed by atoms with van der Waals surface area (Å²) in [6.45, 7) is 6.27. The lowest BCUT2D eigenvalue weighted by molar-refractivity contribution is -0.411. The van der Waals surface area contributed by atoms with Crippen LogP contribution in [0.2, 0.25) is 19.6 Å². The summed E-state index contributed by atoms with van der Waals surface area (Å²) in [6, 6.07) is -0.637. The molecule has 74 valence electrons. The van der Waals surface area contributed by atoms with E-state index >= 15 is 0 Å². The predicted octanol–water partition coefficient (Wildman–Crippen LogP) is -3.46. The molecule has 0 aromatic carbocycles. The van der Waals surface area contributed by atoms with Gasteiger partial charge in [0.25, 0.3) is 0 Å². The minimum Gasteiger partial charge on any atom is -1.00 e. The highest BCUT2D eigenvalue weighted by atomic mass is 35.5. The highest BCUT2D eigenvalue weighted by molar-refractivity contribution is 6.69. The van der Waals surface area contributed by atoms with Gasteiger partial charge in [0.2, 0.25) is 6.04 Å². The van der Waals surface area contributed by atoms with Crippen molar-refractivity contribution in [2.75, 3.05) is 6.61 Å². The number of quaternary nitrogens is 1. The Bertz CT molecular complexity index is 148. The number of carbonyl (C=O) groups is 1. The van der Waals surface area contributed by atoms with Crippen LogP contribution >= 0.6 is 0 Å². The molecule has 4 nitrogen and oxygen atoms in total. The number of hydrogen-bond acceptors (Lipinski definition) is 2. The molecule has 0 bridgehead atoms. The molecule has 0 amide bonds. The van der Waals surface area contributed by atoms with E-state index in [1.807, 2.05) is 19.6 Å². The maximum absolute atomic E-state index is 10.3. The first-order valence-corrected chi connectivity index (χ1v) is 6.93. The zero-order chi connectivity index (χ0) is 9.07. The molecule has 0 unspecified atom stereocenters. The summed E-state index contributed by atoms with van der Waals surface area (Å²) >= 11 is 0. The van der Waals surface area contributed by atoms with E-state index in [4.69, 9.17) is 9.53 Å². The largest absolute Gasteiger partial charge is 1.00 e. The minimum absolute atomic E-state index is 0. The van der Waals surface area contributed by atoms with Crippen molar-refractivity contribution in [2.45, 2.75) is 25.7 Å². The molecule has 1 atom stereocenters. The third-order valence-electron chi connectivity index (χ3n) is 1.07. The van der Waals surface area contributed by atoms with E-state index in [1.54, 1.807) is 0 Å². The Balaban J connectivity index is 0. The normalized spacial score (nSPS) is 13.3. The Kier molecular flexibility index (Phi) is 6.64. The number of carboxylic acid groups (broad SMARTS) is 1. The average molecular weight is 214 g/mol. The predicted molar refractivity (Wildman–Crippen MR) is 43.6 cm³/mol. The van der Waals surface area contributed by atoms with E-state index < -0.39 is 20.3 Å². The summed E-state index contributed by atoms with van der Waals surface area (Å²) in [5.41, 5.74) is 3.44. The van der Waals surface area contributed by atoms with Gasteiger partial charge in [0.1, 0.15) is 0 Å². The third kappa shape index (κ3) is 8.00. The number of aliphatic carboxylic acids is 1. The van der Waals surface area contributed by atoms with Gasteiger partial charge in [0, 0.05) is 0 Å². The Hall–Kier alpha value is -0.103. The van der Waals surface area contributed by atoms with Crippen LogP contribution < -0.4 is 18.1 Å². The van der Waals surface area contributed by atoms with Crippen molar-refractivity contribution >= 4 is 14.3 Å². The number of rotatable bonds is 4. The molecule has 4 N–H and O–H groups in total. The van der Waals surface area contributed by atoms with E-state index in [1.165, 1.54) is 0 Å². The highest BCUT2D eigenvalue weighted by Gasteiger charge is 2.21. The number of hydrogen-bond donors (Lipinski definition) is 2. The summed E-state index contributed by atoms with van der Waals surface area (Å²) in [4.78, 5) is 10.3. The second kappa shape index (κ2) is 5.53. The summed E-state index contributed by atoms with van der Waals surface area (Å²) in [6.07, 6.45) is 0. The van der Waals surface area contributed by atoms with Crippen molar-refractivity contribution in [1.82, 2.24) is 0 Å². The molecular weight excluding hydrogens is 198 g/mol. The van der Waals surface area contributed by atoms with Gasteiger partial charge in [-0.05, 0) is 19.6 Å². The molecule has 12 heavy (non-hydrogen) atoms. The molecule has 0 fully saturated rings. The first kappa shape index (κ1) is 14.4. The van der Waals surface area contributed by atoms with Gasteiger partial charge >= 0.3 is 5.97 Å². The maximum Gasteiger partial charge on any atom is 0.364 e. The zero-order valence-electron chi connectivity index (χ0n) is 7.63. The molecule has 0 aromatic heterocycles. The van der Waals surface area contributed by atoms with Gasteiger partial charge in [-0.2, -0.15) is 0 Å². The summed E-state index contributed by atoms with van der Waals surface area (Å²) < 4.78 is 5.35. The molecule has 0 radical (unpaired) electrons. The number of carboxylic acids is 1. The molecule has 0 spiro atoms. The summed E-state index contributed by atoms with van der Waals surface area (Å²) in [5.74, 6) is -0.900. The van der Waals surface area contributed by atoms with Crippen LogP contribution in [0, 0.1) is 0 Å². The molecule has 0 heterocycles. The zero-order valence-corrected chi connectivity index (χ0v) is 9.39. The fourth-order valence-corrected chi connectivity index (χ4v) is 1.12. The molecule has 0 aliphatic rings. The van der Waals surface area contributed by atoms with Crippen LogP contribution in [-0.4, -0.2) is 32.0 Å². The third-order valence-corrected chi connectivity index (χ3v) is 2.10. The Labute approximate surface area is 79.6 Å². The van der Waals surface area contributed by atoms with Crippen LogP contribution in [0.25, 0.3) is 0 Å². The molecule has 0 aliphatic carbocycles. The van der Waals surface area contributed by atoms with Crippen LogP contribution in [-0.2, 0) is 9.22 Å². The van der Waals surface area contributed by atoms with E-state index in [9.17, 15) is 4.79 Å². The van der Waals surface area contributed by atoms with Gasteiger partial charge < -0.3 is 27.7 Å². The molecular formula is C6H16ClNO3Si. The molecule has 0 saturated carbocycles. The summed E-state index contributed by atoms with van der Waals surface area (Å²) in [5, 5.41) is 8.45. The van der Waals surface area contributed by atoms with Crippen LogP contribution in [0.3, 0.4) is 0 Å². The van der Waals surface area contributed by atoms with Crippen LogP contribution in [0.4, 0.5) is 0 Å². The van der Waals surface area contributed by atoms with Crippen LogP contribution in [0.5, 0.6) is 0 Å². The van der Waals surface area contributed by atoms with Crippen molar-refractivity contribution in [1.29, 1.82) is 0 Å². The second-order valence-electron chi connectivity index (χ2n) is 3.46. The molecule has 0 aliphatic heterocycles. The first-order chi connectivity index (χ1) is 4.83. The van der Waals surface area contributed by atoms with E-state index in [0.717, 1.165) is 0 Å². The average Bonchev–Trinajstić information content (AvgIpc) is 1.80. The lowest BCUT2D eigenvalue weighted by Crippen LogP contribution is -3.00. The lowest BCUT2D eigenvalue weighted by Gasteiger charge is -2.17. The standard InChI is InChI=1S/C6H15NO3Si.ClH/c1-11(2,3)10-4-5(7)6(8)9;/h5H,4,7H2,1-3H3,(H,8,9);1H/t5-;/m1./s1. The molecule has 0 saturated heterocycles. The van der Waals surface area contributed by atoms with Gasteiger partial charge in [0.05, 0.1) is 6.61 Å². The molecule has 0 aromatic rings. The summed E-state index contributed by atoms with van der Waals surface area (Å²) in [7, 11) is -1.57. The second-order valence-corrected chi connectivity index (χ2v) is 7.97. The van der Waals surface area contributed by atoms with E-state index in [0.29, 0.717) is 0 Å². The van der Waals surface area contributed by atoms with Gasteiger partial charge in [0.15, 0.2) is 8.32 Å². The van der Waals surface area contributed by atoms with Crippen molar-refractivity contribution in [2.24, 2.45) is 0 Å². The lowest BCUT2D eigenvalue weighted by atomic mass is 10.3. The highest BCUT2D eigenvalue weighted by Crippen LogP contribution is 2.01. The topological polar surface area (TPSA) is 74.2 Å². The Morgan fingerprint density at radius 1 is 1.58 bits per heavy atom. The first-order valence-electron chi connectivity index (χ1n) is 3.53. The van der Waals surface area contributed by atoms with Gasteiger partial charge in [-0.15, -0.1) is 0 Å². The van der Waals surface area contributed by atoms with E-state index in [2.05, 4.69) is 5.73 Å². The van der Waals surface area contributed by atoms with Crippen LogP contribution in [0.1, 0.15) is 0 Å². The fraction of sp³-hybridized carbons (Fsp3) is 0.833.